The third-order valence-electron chi connectivity index (χ3n) is 0.622. The lowest BCUT2D eigenvalue weighted by Crippen LogP contribution is -1.91. The average molecular weight is 184 g/mol. The quantitative estimate of drug-likeness (QED) is 0.447. The van der Waals surface area contributed by atoms with Crippen LogP contribution >= 0.6 is 11.8 Å². The second-order valence-corrected chi connectivity index (χ2v) is 3.77. The van der Waals surface area contributed by atoms with Crippen molar-refractivity contribution in [3.63, 3.8) is 0 Å². The Morgan fingerprint density at radius 3 is 1.78 bits per heavy atom. The van der Waals surface area contributed by atoms with Gasteiger partial charge in [0.05, 0.1) is 11.5 Å². The van der Waals surface area contributed by atoms with Crippen molar-refractivity contribution in [3.05, 3.63) is 0 Å². The van der Waals surface area contributed by atoms with E-state index in [-0.39, 0.29) is 0 Å². The molecule has 2 nitrogen and oxygen atoms in total. The van der Waals surface area contributed by atoms with Gasteiger partial charge in [-0.3, -0.25) is 0 Å². The number of thioether (sulfide) groups is 1. The van der Waals surface area contributed by atoms with Gasteiger partial charge in [-0.05, 0) is 0 Å². The summed E-state index contributed by atoms with van der Waals surface area (Å²) in [6.45, 7) is 0. The summed E-state index contributed by atoms with van der Waals surface area (Å²) < 4.78 is 19.6. The van der Waals surface area contributed by atoms with E-state index in [4.69, 9.17) is 0 Å². The molecule has 0 spiro atoms. The molecule has 0 aromatic heterocycles. The van der Waals surface area contributed by atoms with Gasteiger partial charge in [0.25, 0.3) is 0 Å². The van der Waals surface area contributed by atoms with Crippen LogP contribution in [0.4, 0.5) is 0 Å². The first kappa shape index (κ1) is 9.39. The van der Waals surface area contributed by atoms with Gasteiger partial charge in [-0.15, -0.1) is 0 Å². The molecule has 0 unspecified atom stereocenters. The summed E-state index contributed by atoms with van der Waals surface area (Å²) in [5.74, 6) is 3.03. The van der Waals surface area contributed by atoms with Crippen molar-refractivity contribution in [3.8, 4) is 0 Å². The molecular weight excluding hydrogens is 176 g/mol. The van der Waals surface area contributed by atoms with E-state index in [0.29, 0.717) is 34.8 Å². The van der Waals surface area contributed by atoms with Gasteiger partial charge in [0.1, 0.15) is 0 Å². The first-order chi connectivity index (χ1) is 4.41. The summed E-state index contributed by atoms with van der Waals surface area (Å²) in [4.78, 5) is 0. The molecule has 0 saturated heterocycles. The molecule has 0 heterocycles. The Morgan fingerprint density at radius 1 is 1.00 bits per heavy atom. The van der Waals surface area contributed by atoms with Crippen LogP contribution in [0.15, 0.2) is 0 Å². The zero-order chi connectivity index (χ0) is 6.95. The Labute approximate surface area is 66.8 Å². The Balaban J connectivity index is 2.74. The Morgan fingerprint density at radius 2 is 1.44 bits per heavy atom. The van der Waals surface area contributed by atoms with Crippen LogP contribution in [0.25, 0.3) is 0 Å². The molecule has 9 heavy (non-hydrogen) atoms. The molecule has 0 aromatic carbocycles. The molecule has 0 bridgehead atoms. The minimum absolute atomic E-state index is 0.604. The first-order valence-electron chi connectivity index (χ1n) is 2.49. The van der Waals surface area contributed by atoms with Crippen molar-refractivity contribution in [2.24, 2.45) is 0 Å². The number of hydrogen-bond acceptors (Lipinski definition) is 3. The van der Waals surface area contributed by atoms with Gasteiger partial charge in [-0.25, -0.2) is 0 Å². The number of rotatable bonds is 6. The van der Waals surface area contributed by atoms with Crippen LogP contribution < -0.4 is 0 Å². The van der Waals surface area contributed by atoms with Crippen molar-refractivity contribution < 1.29 is 8.42 Å². The Hall–Kier alpha value is 0.390. The van der Waals surface area contributed by atoms with Crippen molar-refractivity contribution >= 4 is 35.1 Å². The topological polar surface area (TPSA) is 34.1 Å². The predicted molar refractivity (Wildman–Crippen MR) is 43.2 cm³/mol. The molecule has 52 valence electrons. The van der Waals surface area contributed by atoms with Gasteiger partial charge < -0.3 is 0 Å². The van der Waals surface area contributed by atoms with Gasteiger partial charge in [-0.1, -0.05) is 0 Å². The standard InChI is InChI=1S/C4H8O2S3/c5-8-3-1-7-2-4-9-6/h1-4H2/q+2. The molecule has 0 radical (unpaired) electrons. The van der Waals surface area contributed by atoms with Gasteiger partial charge in [-0.2, -0.15) is 11.8 Å². The van der Waals surface area contributed by atoms with E-state index in [9.17, 15) is 8.42 Å². The van der Waals surface area contributed by atoms with Crippen LogP contribution in [0, 0.1) is 0 Å². The van der Waals surface area contributed by atoms with Crippen LogP contribution in [-0.2, 0) is 31.8 Å². The van der Waals surface area contributed by atoms with E-state index in [1.165, 1.54) is 0 Å². The summed E-state index contributed by atoms with van der Waals surface area (Å²) in [5, 5.41) is 0. The summed E-state index contributed by atoms with van der Waals surface area (Å²) in [7, 11) is 0. The molecule has 0 rings (SSSR count). The van der Waals surface area contributed by atoms with Crippen molar-refractivity contribution in [2.45, 2.75) is 0 Å². The van der Waals surface area contributed by atoms with Crippen molar-refractivity contribution in [2.75, 3.05) is 23.0 Å². The maximum atomic E-state index is 9.80. The Bertz CT molecular complexity index is 75.9. The molecule has 0 amide bonds. The fourth-order valence-corrected chi connectivity index (χ4v) is 1.98. The zero-order valence-electron chi connectivity index (χ0n) is 4.87. The third kappa shape index (κ3) is 8.39. The third-order valence-corrected chi connectivity index (χ3v) is 2.87. The zero-order valence-corrected chi connectivity index (χ0v) is 7.32. The van der Waals surface area contributed by atoms with E-state index in [2.05, 4.69) is 0 Å². The maximum Gasteiger partial charge on any atom is 0.459 e. The highest BCUT2D eigenvalue weighted by atomic mass is 32.2. The van der Waals surface area contributed by atoms with E-state index >= 15 is 0 Å². The molecule has 0 atom stereocenters. The fourth-order valence-electron chi connectivity index (χ4n) is 0.288. The van der Waals surface area contributed by atoms with Gasteiger partial charge >= 0.3 is 23.3 Å². The van der Waals surface area contributed by atoms with Crippen molar-refractivity contribution in [1.82, 2.24) is 0 Å². The summed E-state index contributed by atoms with van der Waals surface area (Å²) in [5.41, 5.74) is 0. The van der Waals surface area contributed by atoms with Crippen LogP contribution in [0.1, 0.15) is 0 Å². The summed E-state index contributed by atoms with van der Waals surface area (Å²) in [6.07, 6.45) is 0. The molecule has 0 aliphatic rings. The smallest absolute Gasteiger partial charge is 0.151 e. The van der Waals surface area contributed by atoms with E-state index in [1.807, 2.05) is 0 Å². The number of hydrogen-bond donors (Lipinski definition) is 0. The highest BCUT2D eigenvalue weighted by Crippen LogP contribution is 1.96. The molecule has 0 aliphatic carbocycles. The monoisotopic (exact) mass is 184 g/mol. The first-order valence-corrected chi connectivity index (χ1v) is 5.46. The highest BCUT2D eigenvalue weighted by Gasteiger charge is 2.00. The second-order valence-electron chi connectivity index (χ2n) is 1.26. The van der Waals surface area contributed by atoms with Gasteiger partial charge in [0.15, 0.2) is 0 Å². The van der Waals surface area contributed by atoms with E-state index in [0.717, 1.165) is 11.5 Å². The average Bonchev–Trinajstić information content (AvgIpc) is 1.89. The normalized spacial score (nSPS) is 8.89. The molecule has 0 saturated carbocycles. The lowest BCUT2D eigenvalue weighted by molar-refractivity contribution is 0.605. The molecule has 0 aromatic rings. The summed E-state index contributed by atoms with van der Waals surface area (Å²) in [6, 6.07) is 0. The lowest BCUT2D eigenvalue weighted by Gasteiger charge is -1.80. The SMILES string of the molecule is O=[S+]CCSCC[S+]=O. The predicted octanol–water partition coefficient (Wildman–Crippen LogP) is 0.576. The molecule has 0 N–H and O–H groups in total. The summed E-state index contributed by atoms with van der Waals surface area (Å²) >= 11 is 2.87. The van der Waals surface area contributed by atoms with Crippen LogP contribution in [-0.4, -0.2) is 23.0 Å². The molecule has 0 aliphatic heterocycles. The van der Waals surface area contributed by atoms with E-state index < -0.39 is 0 Å². The fraction of sp³-hybridized carbons (Fsp3) is 1.00. The minimum Gasteiger partial charge on any atom is -0.151 e. The van der Waals surface area contributed by atoms with Crippen LogP contribution in [0.5, 0.6) is 0 Å². The van der Waals surface area contributed by atoms with Gasteiger partial charge in [0.2, 0.25) is 11.5 Å². The second kappa shape index (κ2) is 8.39. The van der Waals surface area contributed by atoms with Crippen LogP contribution in [0.3, 0.4) is 0 Å². The molecule has 5 heteroatoms. The largest absolute Gasteiger partial charge is 0.459 e. The van der Waals surface area contributed by atoms with E-state index in [1.54, 1.807) is 11.8 Å². The highest BCUT2D eigenvalue weighted by molar-refractivity contribution is 8.00. The minimum atomic E-state index is 0.604. The maximum absolute atomic E-state index is 9.80. The Kier molecular flexibility index (Phi) is 8.75. The molecular formula is C4H8O2S3+2. The van der Waals surface area contributed by atoms with Crippen LogP contribution in [0.2, 0.25) is 0 Å². The molecule has 0 fully saturated rings. The lowest BCUT2D eigenvalue weighted by atomic mass is 10.9. The van der Waals surface area contributed by atoms with Gasteiger partial charge in [0, 0.05) is 8.42 Å². The van der Waals surface area contributed by atoms with Crippen molar-refractivity contribution in [1.29, 1.82) is 0 Å².